The topological polar surface area (TPSA) is 72.7 Å². The number of nitrogens with one attached hydrogen (secondary N) is 1. The molecule has 5 aromatic carbocycles. The zero-order valence-electron chi connectivity index (χ0n) is 32.1. The van der Waals surface area contributed by atoms with Crippen molar-refractivity contribution in [3.63, 3.8) is 0 Å². The van der Waals surface area contributed by atoms with E-state index in [-0.39, 0.29) is 28.7 Å². The molecule has 5 aromatic rings. The van der Waals surface area contributed by atoms with Crippen LogP contribution in [0, 0.1) is 12.0 Å². The van der Waals surface area contributed by atoms with Crippen molar-refractivity contribution in [1.29, 1.82) is 0 Å². The van der Waals surface area contributed by atoms with E-state index < -0.39 is 5.97 Å². The third kappa shape index (κ3) is 6.62. The first kappa shape index (κ1) is 36.5. The maximum atomic E-state index is 13.3. The number of carboxylic acids is 1. The number of nitrogens with zero attached hydrogens (tertiary/aromatic N) is 2. The van der Waals surface area contributed by atoms with E-state index in [2.05, 4.69) is 156 Å². The lowest BCUT2D eigenvalue weighted by atomic mass is 9.78. The van der Waals surface area contributed by atoms with Crippen LogP contribution in [0.5, 0.6) is 0 Å². The minimum absolute atomic E-state index is 0.141. The van der Waals surface area contributed by atoms with Gasteiger partial charge in [0.25, 0.3) is 0 Å². The van der Waals surface area contributed by atoms with Crippen molar-refractivity contribution in [2.45, 2.75) is 65.2 Å². The van der Waals surface area contributed by atoms with Crippen LogP contribution in [0.4, 0.5) is 17.1 Å². The van der Waals surface area contributed by atoms with Crippen LogP contribution in [0.1, 0.15) is 75.9 Å². The van der Waals surface area contributed by atoms with Crippen LogP contribution in [0.2, 0.25) is 0 Å². The minimum Gasteiger partial charge on any atom is -0.478 e. The molecule has 6 heteroatoms. The fourth-order valence-corrected chi connectivity index (χ4v) is 8.40. The zero-order valence-corrected chi connectivity index (χ0v) is 32.1. The van der Waals surface area contributed by atoms with Crippen LogP contribution in [-0.4, -0.2) is 34.8 Å². The Hall–Kier alpha value is -5.88. The molecule has 2 aliphatic rings. The minimum atomic E-state index is -1.00. The summed E-state index contributed by atoms with van der Waals surface area (Å²) in [5, 5.41) is 17.2. The van der Waals surface area contributed by atoms with Gasteiger partial charge in [-0.15, -0.1) is 6.08 Å². The molecule has 274 valence electrons. The lowest BCUT2D eigenvalue weighted by Crippen LogP contribution is -2.29. The van der Waals surface area contributed by atoms with Gasteiger partial charge in [-0.25, -0.2) is 4.79 Å². The number of rotatable bonds is 10. The molecule has 0 spiro atoms. The van der Waals surface area contributed by atoms with Crippen LogP contribution >= 0.6 is 0 Å². The van der Waals surface area contributed by atoms with E-state index in [4.69, 9.17) is 0 Å². The molecule has 6 nitrogen and oxygen atoms in total. The van der Waals surface area contributed by atoms with Gasteiger partial charge in [0.2, 0.25) is 5.91 Å². The van der Waals surface area contributed by atoms with E-state index in [9.17, 15) is 14.7 Å². The monoisotopic (exact) mass is 715 g/mol. The van der Waals surface area contributed by atoms with Gasteiger partial charge in [0.1, 0.15) is 11.7 Å². The summed E-state index contributed by atoms with van der Waals surface area (Å²) in [5.74, 6) is -0.698. The molecule has 0 saturated carbocycles. The van der Waals surface area contributed by atoms with Gasteiger partial charge >= 0.3 is 5.97 Å². The smallest absolute Gasteiger partial charge is 0.335 e. The number of carboxylic acid groups (broad SMARTS) is 1. The quantitative estimate of drug-likeness (QED) is 0.0858. The van der Waals surface area contributed by atoms with Gasteiger partial charge in [-0.2, -0.15) is 0 Å². The molecule has 1 amide bonds. The van der Waals surface area contributed by atoms with Crippen molar-refractivity contribution in [3.8, 4) is 0 Å². The summed E-state index contributed by atoms with van der Waals surface area (Å²) >= 11 is 0. The number of carbonyl (C=O) groups is 2. The first-order valence-electron chi connectivity index (χ1n) is 18.8. The SMILES string of the molecule is C=[N+]1c2ccc3ccccc3c2C(C)(C)[C-]1/C=C/C(=C/C=C1/N(CC(C)C)c2ccc3ccccc3c2C1(C)C)CCC(=O)Nc1ccc(C(=O)O)cc1. The second kappa shape index (κ2) is 14.2. The molecule has 54 heavy (non-hydrogen) atoms. The van der Waals surface area contributed by atoms with Gasteiger partial charge in [-0.3, -0.25) is 9.37 Å². The normalized spacial score (nSPS) is 16.9. The first-order valence-corrected chi connectivity index (χ1v) is 18.8. The summed E-state index contributed by atoms with van der Waals surface area (Å²) in [6.07, 6.45) is 9.51. The summed E-state index contributed by atoms with van der Waals surface area (Å²) in [5.41, 5.74) is 7.36. The Morgan fingerprint density at radius 1 is 0.852 bits per heavy atom. The molecule has 2 heterocycles. The number of amides is 1. The number of carbonyl (C=O) groups excluding carboxylic acids is 1. The van der Waals surface area contributed by atoms with Crippen molar-refractivity contribution in [1.82, 2.24) is 0 Å². The molecule has 0 radical (unpaired) electrons. The number of anilines is 2. The third-order valence-corrected chi connectivity index (χ3v) is 11.0. The lowest BCUT2D eigenvalue weighted by Gasteiger charge is -2.28. The van der Waals surface area contributed by atoms with Crippen LogP contribution in [0.15, 0.2) is 133 Å². The Labute approximate surface area is 318 Å². The molecular formula is C48H49N3O3. The van der Waals surface area contributed by atoms with Crippen molar-refractivity contribution < 1.29 is 19.3 Å². The van der Waals surface area contributed by atoms with Crippen LogP contribution in [0.3, 0.4) is 0 Å². The Kier molecular flexibility index (Phi) is 9.57. The molecule has 0 fully saturated rings. The highest BCUT2D eigenvalue weighted by Gasteiger charge is 2.44. The number of fused-ring (bicyclic) bond motifs is 6. The van der Waals surface area contributed by atoms with E-state index in [1.807, 2.05) is 4.58 Å². The van der Waals surface area contributed by atoms with Crippen LogP contribution in [0.25, 0.3) is 21.5 Å². The molecule has 2 aliphatic heterocycles. The molecule has 0 saturated heterocycles. The second-order valence-electron chi connectivity index (χ2n) is 16.0. The Morgan fingerprint density at radius 3 is 2.13 bits per heavy atom. The standard InChI is InChI=1S/C48H49N3O3/c1-31(2)30-51-40-26-22-34-13-9-11-15-38(34)45(40)48(5,6)42(51)28-17-32(18-29-43(52)49-36-23-19-35(20-24-36)46(53)54)16-27-41-47(3,4)44-37-14-10-8-12-33(37)21-25-39(44)50(41)7/h8-17,19-28,31H,7,18,29-30H2,1-6H3,(H,49,52)(H,53,54)/b27-16+,32-17-,42-28+. The fraction of sp³-hybridized carbons (Fsp3) is 0.250. The number of benzene rings is 5. The number of hydrogen-bond acceptors (Lipinski definition) is 3. The summed E-state index contributed by atoms with van der Waals surface area (Å²) in [7, 11) is 0. The summed E-state index contributed by atoms with van der Waals surface area (Å²) < 4.78 is 2.05. The second-order valence-corrected chi connectivity index (χ2v) is 16.0. The molecule has 0 bridgehead atoms. The Balaban J connectivity index is 1.25. The third-order valence-electron chi connectivity index (χ3n) is 11.0. The molecule has 0 unspecified atom stereocenters. The van der Waals surface area contributed by atoms with E-state index >= 15 is 0 Å². The molecule has 2 N–H and O–H groups in total. The number of aromatic carboxylic acids is 1. The van der Waals surface area contributed by atoms with Crippen molar-refractivity contribution in [3.05, 3.63) is 155 Å². The van der Waals surface area contributed by atoms with Gasteiger partial charge < -0.3 is 15.3 Å². The van der Waals surface area contributed by atoms with E-state index in [1.54, 1.807) is 12.1 Å². The predicted molar refractivity (Wildman–Crippen MR) is 223 cm³/mol. The molecule has 0 aromatic heterocycles. The van der Waals surface area contributed by atoms with Gasteiger partial charge in [0.15, 0.2) is 0 Å². The van der Waals surface area contributed by atoms with E-state index in [1.165, 1.54) is 56.2 Å². The molecule has 0 aliphatic carbocycles. The molecule has 7 rings (SSSR count). The maximum Gasteiger partial charge on any atom is 0.335 e. The van der Waals surface area contributed by atoms with Crippen molar-refractivity contribution in [2.24, 2.45) is 5.92 Å². The highest BCUT2D eigenvalue weighted by molar-refractivity contribution is 5.95. The van der Waals surface area contributed by atoms with Crippen LogP contribution < -0.4 is 10.2 Å². The van der Waals surface area contributed by atoms with E-state index in [0.29, 0.717) is 18.0 Å². The molecule has 0 atom stereocenters. The average Bonchev–Trinajstić information content (AvgIpc) is 3.48. The van der Waals surface area contributed by atoms with Crippen molar-refractivity contribution in [2.75, 3.05) is 16.8 Å². The summed E-state index contributed by atoms with van der Waals surface area (Å²) in [6.45, 7) is 19.0. The van der Waals surface area contributed by atoms with E-state index in [0.717, 1.165) is 23.8 Å². The number of allylic oxidation sites excluding steroid dienone is 5. The maximum absolute atomic E-state index is 13.3. The Morgan fingerprint density at radius 2 is 1.48 bits per heavy atom. The van der Waals surface area contributed by atoms with Crippen LogP contribution in [-0.2, 0) is 15.6 Å². The van der Waals surface area contributed by atoms with Gasteiger partial charge in [0.05, 0.1) is 12.3 Å². The van der Waals surface area contributed by atoms with Gasteiger partial charge in [-0.05, 0) is 87.5 Å². The largest absolute Gasteiger partial charge is 0.478 e. The first-order chi connectivity index (χ1) is 25.8. The summed E-state index contributed by atoms with van der Waals surface area (Å²) in [6, 6.07) is 33.3. The zero-order chi connectivity index (χ0) is 38.4. The van der Waals surface area contributed by atoms with Gasteiger partial charge in [0, 0.05) is 40.9 Å². The lowest BCUT2D eigenvalue weighted by molar-refractivity contribution is -0.405. The predicted octanol–water partition coefficient (Wildman–Crippen LogP) is 11.1. The highest BCUT2D eigenvalue weighted by atomic mass is 16.4. The fourth-order valence-electron chi connectivity index (χ4n) is 8.40. The van der Waals surface area contributed by atoms with Crippen molar-refractivity contribution >= 4 is 57.2 Å². The summed E-state index contributed by atoms with van der Waals surface area (Å²) in [4.78, 5) is 27.1. The Bertz CT molecular complexity index is 2390. The average molecular weight is 716 g/mol. The number of hydrogen-bond donors (Lipinski definition) is 2. The molecular weight excluding hydrogens is 667 g/mol. The van der Waals surface area contributed by atoms with Gasteiger partial charge in [-0.1, -0.05) is 120 Å². The highest BCUT2D eigenvalue weighted by Crippen LogP contribution is 2.52.